The smallest absolute Gasteiger partial charge is 0.277 e. The molecule has 2 aromatic heterocycles. The van der Waals surface area contributed by atoms with Gasteiger partial charge < -0.3 is 4.42 Å². The van der Waals surface area contributed by atoms with Gasteiger partial charge in [0, 0.05) is 5.56 Å². The Balaban J connectivity index is 1.52. The molecule has 128 valence electrons. The topological polar surface area (TPSA) is 97.1 Å². The van der Waals surface area contributed by atoms with Crippen molar-refractivity contribution < 1.29 is 14.0 Å². The first-order valence-corrected chi connectivity index (χ1v) is 9.08. The summed E-state index contributed by atoms with van der Waals surface area (Å²) in [5.41, 5.74) is 5.22. The van der Waals surface area contributed by atoms with Crippen molar-refractivity contribution in [3.63, 3.8) is 0 Å². The lowest BCUT2D eigenvalue weighted by molar-refractivity contribution is -0.121. The Morgan fingerprint density at radius 2 is 1.92 bits per heavy atom. The fourth-order valence-electron chi connectivity index (χ4n) is 1.84. The van der Waals surface area contributed by atoms with E-state index in [1.54, 1.807) is 31.2 Å². The highest BCUT2D eigenvalue weighted by Crippen LogP contribution is 2.28. The van der Waals surface area contributed by atoms with Crippen LogP contribution in [0.25, 0.3) is 10.8 Å². The number of amides is 2. The standard InChI is InChI=1S/C16H14N4O3S2/c1-10(13(21)17-18-14(22)11-6-3-2-4-7-11)25-16-20-19-15(23-16)12-8-5-9-24-12/h2-10H,1H3,(H,17,21)(H,18,22)/t10-/m0/s1. The van der Waals surface area contributed by atoms with E-state index < -0.39 is 5.25 Å². The molecule has 0 saturated heterocycles. The van der Waals surface area contributed by atoms with E-state index in [2.05, 4.69) is 21.0 Å². The summed E-state index contributed by atoms with van der Waals surface area (Å²) >= 11 is 2.61. The number of rotatable bonds is 5. The largest absolute Gasteiger partial charge is 0.410 e. The number of carbonyl (C=O) groups is 2. The van der Waals surface area contributed by atoms with Gasteiger partial charge in [0.1, 0.15) is 0 Å². The molecule has 7 nitrogen and oxygen atoms in total. The van der Waals surface area contributed by atoms with E-state index in [-0.39, 0.29) is 11.8 Å². The van der Waals surface area contributed by atoms with Gasteiger partial charge in [-0.2, -0.15) is 0 Å². The fourth-order valence-corrected chi connectivity index (χ4v) is 3.17. The van der Waals surface area contributed by atoms with Gasteiger partial charge in [-0.05, 0) is 30.5 Å². The normalized spacial score (nSPS) is 11.7. The van der Waals surface area contributed by atoms with Crippen molar-refractivity contribution in [2.24, 2.45) is 0 Å². The molecule has 0 radical (unpaired) electrons. The number of carbonyl (C=O) groups excluding carboxylic acids is 2. The number of benzene rings is 1. The van der Waals surface area contributed by atoms with Crippen molar-refractivity contribution in [1.82, 2.24) is 21.0 Å². The zero-order valence-corrected chi connectivity index (χ0v) is 14.8. The zero-order chi connectivity index (χ0) is 17.6. The van der Waals surface area contributed by atoms with Gasteiger partial charge in [-0.1, -0.05) is 36.0 Å². The molecule has 2 amide bonds. The first-order chi connectivity index (χ1) is 12.1. The van der Waals surface area contributed by atoms with E-state index in [0.29, 0.717) is 16.7 Å². The number of thiophene rings is 1. The third-order valence-corrected chi connectivity index (χ3v) is 4.91. The molecule has 3 aromatic rings. The number of thioether (sulfide) groups is 1. The van der Waals surface area contributed by atoms with Crippen LogP contribution >= 0.6 is 23.1 Å². The van der Waals surface area contributed by atoms with Crippen LogP contribution in [0.2, 0.25) is 0 Å². The Kier molecular flexibility index (Phi) is 5.46. The van der Waals surface area contributed by atoms with Gasteiger partial charge in [0.25, 0.3) is 22.9 Å². The molecule has 0 spiro atoms. The highest BCUT2D eigenvalue weighted by molar-refractivity contribution is 8.00. The van der Waals surface area contributed by atoms with E-state index in [1.807, 2.05) is 23.6 Å². The van der Waals surface area contributed by atoms with Crippen LogP contribution in [0.3, 0.4) is 0 Å². The molecular formula is C16H14N4O3S2. The van der Waals surface area contributed by atoms with E-state index in [4.69, 9.17) is 4.42 Å². The van der Waals surface area contributed by atoms with E-state index in [0.717, 1.165) is 16.6 Å². The van der Waals surface area contributed by atoms with Crippen molar-refractivity contribution in [2.75, 3.05) is 0 Å². The van der Waals surface area contributed by atoms with Crippen LogP contribution in [-0.2, 0) is 4.79 Å². The molecule has 2 N–H and O–H groups in total. The van der Waals surface area contributed by atoms with Gasteiger partial charge in [0.15, 0.2) is 0 Å². The summed E-state index contributed by atoms with van der Waals surface area (Å²) in [7, 11) is 0. The highest BCUT2D eigenvalue weighted by atomic mass is 32.2. The summed E-state index contributed by atoms with van der Waals surface area (Å²) in [4.78, 5) is 24.8. The lowest BCUT2D eigenvalue weighted by Crippen LogP contribution is -2.44. The van der Waals surface area contributed by atoms with Crippen LogP contribution in [-0.4, -0.2) is 27.3 Å². The third-order valence-electron chi connectivity index (χ3n) is 3.12. The monoisotopic (exact) mass is 374 g/mol. The average molecular weight is 374 g/mol. The van der Waals surface area contributed by atoms with E-state index in [9.17, 15) is 9.59 Å². The lowest BCUT2D eigenvalue weighted by atomic mass is 10.2. The van der Waals surface area contributed by atoms with Gasteiger partial charge in [-0.3, -0.25) is 20.4 Å². The molecular weight excluding hydrogens is 360 g/mol. The van der Waals surface area contributed by atoms with Gasteiger partial charge in [0.2, 0.25) is 0 Å². The molecule has 0 fully saturated rings. The Bertz CT molecular complexity index is 849. The Hall–Kier alpha value is -2.65. The number of nitrogens with zero attached hydrogens (tertiary/aromatic N) is 2. The van der Waals surface area contributed by atoms with Crippen molar-refractivity contribution in [3.8, 4) is 10.8 Å². The van der Waals surface area contributed by atoms with Crippen LogP contribution in [0.1, 0.15) is 17.3 Å². The molecule has 0 bridgehead atoms. The molecule has 1 atom stereocenters. The average Bonchev–Trinajstić information content (AvgIpc) is 3.31. The summed E-state index contributed by atoms with van der Waals surface area (Å²) in [5.74, 6) is -0.337. The predicted molar refractivity (Wildman–Crippen MR) is 95.0 cm³/mol. The quantitative estimate of drug-likeness (QED) is 0.526. The number of hydrazine groups is 1. The maximum atomic E-state index is 12.1. The lowest BCUT2D eigenvalue weighted by Gasteiger charge is -2.10. The third kappa shape index (κ3) is 4.46. The van der Waals surface area contributed by atoms with Crippen LogP contribution in [0.5, 0.6) is 0 Å². The van der Waals surface area contributed by atoms with E-state index in [1.165, 1.54) is 11.3 Å². The van der Waals surface area contributed by atoms with Gasteiger partial charge in [-0.15, -0.1) is 21.5 Å². The van der Waals surface area contributed by atoms with Gasteiger partial charge in [0.05, 0.1) is 10.1 Å². The molecule has 0 aliphatic carbocycles. The number of hydrogen-bond donors (Lipinski definition) is 2. The molecule has 3 rings (SSSR count). The van der Waals surface area contributed by atoms with Crippen molar-refractivity contribution in [1.29, 1.82) is 0 Å². The molecule has 0 aliphatic rings. The minimum absolute atomic E-state index is 0.292. The molecule has 25 heavy (non-hydrogen) atoms. The Morgan fingerprint density at radius 3 is 2.64 bits per heavy atom. The summed E-state index contributed by atoms with van der Waals surface area (Å²) < 4.78 is 5.53. The maximum absolute atomic E-state index is 12.1. The van der Waals surface area contributed by atoms with Gasteiger partial charge in [-0.25, -0.2) is 0 Å². The fraction of sp³-hybridized carbons (Fsp3) is 0.125. The predicted octanol–water partition coefficient (Wildman–Crippen LogP) is 2.74. The van der Waals surface area contributed by atoms with E-state index >= 15 is 0 Å². The molecule has 0 unspecified atom stereocenters. The van der Waals surface area contributed by atoms with Crippen LogP contribution in [0, 0.1) is 0 Å². The van der Waals surface area contributed by atoms with Crippen molar-refractivity contribution in [2.45, 2.75) is 17.4 Å². The number of aromatic nitrogens is 2. The zero-order valence-electron chi connectivity index (χ0n) is 13.1. The van der Waals surface area contributed by atoms with Gasteiger partial charge >= 0.3 is 0 Å². The summed E-state index contributed by atoms with van der Waals surface area (Å²) in [6.45, 7) is 1.68. The minimum Gasteiger partial charge on any atom is -0.410 e. The maximum Gasteiger partial charge on any atom is 0.277 e. The van der Waals surface area contributed by atoms with Crippen LogP contribution < -0.4 is 10.9 Å². The second-order valence-corrected chi connectivity index (χ2v) is 7.16. The number of hydrogen-bond acceptors (Lipinski definition) is 7. The Morgan fingerprint density at radius 1 is 1.12 bits per heavy atom. The summed E-state index contributed by atoms with van der Waals surface area (Å²) in [5, 5.41) is 9.57. The second kappa shape index (κ2) is 7.95. The Labute approximate surface area is 151 Å². The van der Waals surface area contributed by atoms with Crippen molar-refractivity contribution in [3.05, 3.63) is 53.4 Å². The molecule has 1 aromatic carbocycles. The van der Waals surface area contributed by atoms with Crippen molar-refractivity contribution >= 4 is 34.9 Å². The SMILES string of the molecule is C[C@H](Sc1nnc(-c2cccs2)o1)C(=O)NNC(=O)c1ccccc1. The molecule has 0 aliphatic heterocycles. The molecule has 0 saturated carbocycles. The summed E-state index contributed by atoms with van der Waals surface area (Å²) in [6.07, 6.45) is 0. The minimum atomic E-state index is -0.521. The first kappa shape index (κ1) is 17.2. The molecule has 2 heterocycles. The molecule has 9 heteroatoms. The second-order valence-electron chi connectivity index (χ2n) is 4.92. The number of nitrogens with one attached hydrogen (secondary N) is 2. The van der Waals surface area contributed by atoms with Crippen LogP contribution in [0.15, 0.2) is 57.5 Å². The highest BCUT2D eigenvalue weighted by Gasteiger charge is 2.19. The van der Waals surface area contributed by atoms with Crippen LogP contribution in [0.4, 0.5) is 0 Å². The first-order valence-electron chi connectivity index (χ1n) is 7.33. The summed E-state index contributed by atoms with van der Waals surface area (Å²) in [6, 6.07) is 12.4.